The van der Waals surface area contributed by atoms with Gasteiger partial charge in [0.25, 0.3) is 0 Å². The molecule has 0 aliphatic carbocycles. The number of piperidine rings is 1. The van der Waals surface area contributed by atoms with E-state index < -0.39 is 0 Å². The summed E-state index contributed by atoms with van der Waals surface area (Å²) in [6.45, 7) is 10.4. The number of hydrogen-bond donors (Lipinski definition) is 0. The van der Waals surface area contributed by atoms with Gasteiger partial charge in [0.05, 0.1) is 11.8 Å². The second-order valence-corrected chi connectivity index (χ2v) is 8.86. The summed E-state index contributed by atoms with van der Waals surface area (Å²) in [4.78, 5) is 7.37. The smallest absolute Gasteiger partial charge is 0.147 e. The molecule has 2 aromatic heterocycles. The van der Waals surface area contributed by atoms with Gasteiger partial charge in [-0.2, -0.15) is 5.26 Å². The predicted molar refractivity (Wildman–Crippen MR) is 118 cm³/mol. The average Bonchev–Trinajstić information content (AvgIpc) is 2.96. The molecule has 1 aromatic carbocycles. The van der Waals surface area contributed by atoms with Crippen LogP contribution in [0.5, 0.6) is 0 Å². The van der Waals surface area contributed by atoms with Crippen molar-refractivity contribution in [1.29, 1.82) is 5.26 Å². The maximum Gasteiger partial charge on any atom is 0.147 e. The molecular weight excluding hydrogens is 412 g/mol. The third-order valence-corrected chi connectivity index (χ3v) is 6.23. The Balaban J connectivity index is 1.89. The van der Waals surface area contributed by atoms with Crippen molar-refractivity contribution in [2.45, 2.75) is 40.5 Å². The van der Waals surface area contributed by atoms with Gasteiger partial charge in [-0.05, 0) is 75.4 Å². The van der Waals surface area contributed by atoms with Crippen LogP contribution in [0.25, 0.3) is 16.7 Å². The van der Waals surface area contributed by atoms with Crippen molar-refractivity contribution >= 4 is 32.7 Å². The maximum atomic E-state index is 9.22. The number of halogens is 1. The lowest BCUT2D eigenvalue weighted by atomic mass is 9.97. The molecule has 0 saturated carbocycles. The fraction of sp³-hybridized carbons (Fsp3) is 0.391. The summed E-state index contributed by atoms with van der Waals surface area (Å²) < 4.78 is 3.35. The molecule has 1 saturated heterocycles. The maximum absolute atomic E-state index is 9.22. The molecule has 0 bridgehead atoms. The van der Waals surface area contributed by atoms with Crippen LogP contribution in [0.3, 0.4) is 0 Å². The number of pyridine rings is 1. The van der Waals surface area contributed by atoms with Crippen LogP contribution in [-0.2, 0) is 0 Å². The van der Waals surface area contributed by atoms with E-state index in [9.17, 15) is 5.26 Å². The Hall–Kier alpha value is -2.32. The Bertz CT molecular complexity index is 1070. The summed E-state index contributed by atoms with van der Waals surface area (Å²) in [5.41, 5.74) is 8.18. The fourth-order valence-corrected chi connectivity index (χ4v) is 5.15. The lowest BCUT2D eigenvalue weighted by molar-refractivity contribution is 0.488. The summed E-state index contributed by atoms with van der Waals surface area (Å²) in [5.74, 6) is 0.188. The average molecular weight is 437 g/mol. The van der Waals surface area contributed by atoms with Crippen LogP contribution in [0.4, 0.5) is 5.69 Å². The van der Waals surface area contributed by atoms with Crippen LogP contribution >= 0.6 is 15.9 Å². The van der Waals surface area contributed by atoms with E-state index in [-0.39, 0.29) is 5.92 Å². The Kier molecular flexibility index (Phi) is 4.93. The zero-order valence-electron chi connectivity index (χ0n) is 16.9. The minimum absolute atomic E-state index is 0.188. The van der Waals surface area contributed by atoms with Crippen molar-refractivity contribution < 1.29 is 0 Å². The molecule has 4 nitrogen and oxygen atoms in total. The minimum atomic E-state index is 0.188. The summed E-state index contributed by atoms with van der Waals surface area (Å²) in [5, 5.41) is 10.4. The van der Waals surface area contributed by atoms with E-state index >= 15 is 0 Å². The minimum Gasteiger partial charge on any atom is -0.371 e. The monoisotopic (exact) mass is 436 g/mol. The van der Waals surface area contributed by atoms with E-state index in [1.54, 1.807) is 0 Å². The molecule has 3 aromatic rings. The topological polar surface area (TPSA) is 44.9 Å². The van der Waals surface area contributed by atoms with Gasteiger partial charge in [0.1, 0.15) is 5.65 Å². The van der Waals surface area contributed by atoms with Crippen molar-refractivity contribution in [2.75, 3.05) is 18.0 Å². The fourth-order valence-electron chi connectivity index (χ4n) is 4.46. The van der Waals surface area contributed by atoms with Gasteiger partial charge in [-0.3, -0.25) is 0 Å². The molecule has 0 spiro atoms. The van der Waals surface area contributed by atoms with E-state index in [0.29, 0.717) is 0 Å². The highest BCUT2D eigenvalue weighted by atomic mass is 79.9. The number of rotatable bonds is 2. The van der Waals surface area contributed by atoms with Gasteiger partial charge in [-0.15, -0.1) is 0 Å². The molecule has 4 rings (SSSR count). The third kappa shape index (κ3) is 3.20. The number of nitriles is 1. The van der Waals surface area contributed by atoms with Gasteiger partial charge in [0.2, 0.25) is 0 Å². The quantitative estimate of drug-likeness (QED) is 0.512. The van der Waals surface area contributed by atoms with E-state index in [1.165, 1.54) is 33.5 Å². The van der Waals surface area contributed by atoms with Gasteiger partial charge < -0.3 is 9.47 Å². The van der Waals surface area contributed by atoms with Crippen molar-refractivity contribution in [3.63, 3.8) is 0 Å². The zero-order valence-corrected chi connectivity index (χ0v) is 18.5. The molecule has 144 valence electrons. The van der Waals surface area contributed by atoms with Crippen molar-refractivity contribution in [2.24, 2.45) is 5.92 Å². The lowest BCUT2D eigenvalue weighted by Gasteiger charge is -2.32. The van der Waals surface area contributed by atoms with Gasteiger partial charge in [-0.25, -0.2) is 4.98 Å². The molecule has 1 aliphatic heterocycles. The third-order valence-electron chi connectivity index (χ3n) is 5.77. The second kappa shape index (κ2) is 7.25. The molecule has 1 fully saturated rings. The number of aromatic nitrogens is 2. The number of fused-ring (bicyclic) bond motifs is 1. The highest BCUT2D eigenvalue weighted by Gasteiger charge is 2.23. The Morgan fingerprint density at radius 1 is 1.04 bits per heavy atom. The molecule has 0 radical (unpaired) electrons. The van der Waals surface area contributed by atoms with E-state index in [0.717, 1.165) is 41.7 Å². The first-order chi connectivity index (χ1) is 13.4. The normalized spacial score (nSPS) is 15.2. The van der Waals surface area contributed by atoms with Crippen LogP contribution in [0.2, 0.25) is 0 Å². The number of aryl methyl sites for hydroxylation is 4. The van der Waals surface area contributed by atoms with E-state index in [2.05, 4.69) is 83.6 Å². The van der Waals surface area contributed by atoms with Gasteiger partial charge in [0.15, 0.2) is 0 Å². The summed E-state index contributed by atoms with van der Waals surface area (Å²) >= 11 is 3.61. The van der Waals surface area contributed by atoms with Crippen LogP contribution in [-0.4, -0.2) is 22.6 Å². The number of nitrogens with zero attached hydrogens (tertiary/aromatic N) is 4. The molecule has 5 heteroatoms. The molecule has 28 heavy (non-hydrogen) atoms. The Morgan fingerprint density at radius 2 is 1.68 bits per heavy atom. The lowest BCUT2D eigenvalue weighted by Crippen LogP contribution is -2.33. The standard InChI is InChI=1S/C23H25BrN4/c1-14-9-19(24)10-15(2)22(14)28-13-16(3)21-20(11-17(4)26-23(21)28)27-7-5-18(12-25)6-8-27/h9-11,13,18H,5-8H2,1-4H3. The molecule has 0 N–H and O–H groups in total. The van der Waals surface area contributed by atoms with Gasteiger partial charge >= 0.3 is 0 Å². The van der Waals surface area contributed by atoms with E-state index in [1.807, 2.05) is 0 Å². The van der Waals surface area contributed by atoms with Crippen molar-refractivity contribution in [1.82, 2.24) is 9.55 Å². The largest absolute Gasteiger partial charge is 0.371 e. The summed E-state index contributed by atoms with van der Waals surface area (Å²) in [6, 6.07) is 8.95. The predicted octanol–water partition coefficient (Wildman–Crippen LogP) is 5.76. The number of anilines is 1. The van der Waals surface area contributed by atoms with Crippen molar-refractivity contribution in [3.05, 3.63) is 51.3 Å². The molecule has 0 amide bonds. The van der Waals surface area contributed by atoms with Gasteiger partial charge in [0, 0.05) is 46.4 Å². The van der Waals surface area contributed by atoms with Crippen molar-refractivity contribution in [3.8, 4) is 11.8 Å². The first-order valence-corrected chi connectivity index (χ1v) is 10.6. The Morgan fingerprint density at radius 3 is 2.29 bits per heavy atom. The molecular formula is C23H25BrN4. The highest BCUT2D eigenvalue weighted by Crippen LogP contribution is 2.36. The Labute approximate surface area is 174 Å². The highest BCUT2D eigenvalue weighted by molar-refractivity contribution is 9.10. The number of benzene rings is 1. The van der Waals surface area contributed by atoms with Gasteiger partial charge in [-0.1, -0.05) is 15.9 Å². The van der Waals surface area contributed by atoms with Crippen LogP contribution in [0, 0.1) is 44.9 Å². The van der Waals surface area contributed by atoms with Crippen LogP contribution in [0.1, 0.15) is 35.2 Å². The summed E-state index contributed by atoms with van der Waals surface area (Å²) in [7, 11) is 0. The molecule has 0 unspecified atom stereocenters. The number of hydrogen-bond acceptors (Lipinski definition) is 3. The first kappa shape index (κ1) is 19.0. The molecule has 0 atom stereocenters. The molecule has 3 heterocycles. The van der Waals surface area contributed by atoms with E-state index in [4.69, 9.17) is 4.98 Å². The second-order valence-electron chi connectivity index (χ2n) is 7.94. The molecule has 1 aliphatic rings. The first-order valence-electron chi connectivity index (χ1n) is 9.80. The zero-order chi connectivity index (χ0) is 20.0. The summed E-state index contributed by atoms with van der Waals surface area (Å²) in [6.07, 6.45) is 4.08. The van der Waals surface area contributed by atoms with Crippen LogP contribution in [0.15, 0.2) is 28.9 Å². The SMILES string of the molecule is Cc1cc(N2CCC(C#N)CC2)c2c(C)cn(-c3c(C)cc(Br)cc3C)c2n1. The van der Waals surface area contributed by atoms with Crippen LogP contribution < -0.4 is 4.90 Å².